The Balaban J connectivity index is 1.58. The Morgan fingerprint density at radius 2 is 1.69 bits per heavy atom. The Bertz CT molecular complexity index is 1190. The summed E-state index contributed by atoms with van der Waals surface area (Å²) in [5.74, 6) is 0.172. The zero-order chi connectivity index (χ0) is 26.5. The van der Waals surface area contributed by atoms with Gasteiger partial charge in [0.05, 0.1) is 5.69 Å². The van der Waals surface area contributed by atoms with E-state index in [9.17, 15) is 24.0 Å². The van der Waals surface area contributed by atoms with E-state index in [1.807, 2.05) is 0 Å². The summed E-state index contributed by atoms with van der Waals surface area (Å²) in [4.78, 5) is 66.3. The van der Waals surface area contributed by atoms with E-state index in [2.05, 4.69) is 15.6 Å². The minimum atomic E-state index is -1.30. The lowest BCUT2D eigenvalue weighted by Crippen LogP contribution is -2.60. The molecule has 0 radical (unpaired) electrons. The number of hydrogen-bond donors (Lipinski definition) is 3. The third kappa shape index (κ3) is 6.37. The van der Waals surface area contributed by atoms with Crippen LogP contribution in [0.15, 0.2) is 41.3 Å². The van der Waals surface area contributed by atoms with Gasteiger partial charge in [0.1, 0.15) is 17.1 Å². The number of benzene rings is 1. The molecule has 1 fully saturated rings. The highest BCUT2D eigenvalue weighted by molar-refractivity contribution is 5.90. The van der Waals surface area contributed by atoms with Gasteiger partial charge >= 0.3 is 17.8 Å². The minimum absolute atomic E-state index is 0.0753. The molecule has 1 saturated heterocycles. The van der Waals surface area contributed by atoms with Crippen molar-refractivity contribution in [1.29, 1.82) is 0 Å². The molecule has 3 N–H and O–H groups in total. The first-order valence-corrected chi connectivity index (χ1v) is 11.2. The molecule has 1 aromatic heterocycles. The standard InChI is InChI=1S/C23H28N6O7/c1-15(14-30)36-17-6-4-16(5-7-17)29-9-8-18(25-21(29)33)24-20(32)28-12-10-27(11-13-28)19(31)23(2,3)26-22(34)35/h4-9,14-15,26H,10-13H2,1-3H3,(H,34,35)(H,24,25,32,33). The molecule has 1 atom stereocenters. The van der Waals surface area contributed by atoms with E-state index in [1.54, 1.807) is 31.2 Å². The zero-order valence-electron chi connectivity index (χ0n) is 20.1. The van der Waals surface area contributed by atoms with Gasteiger partial charge in [0.2, 0.25) is 5.91 Å². The van der Waals surface area contributed by atoms with Crippen LogP contribution in [0.5, 0.6) is 5.75 Å². The number of carbonyl (C=O) groups is 4. The smallest absolute Gasteiger partial charge is 0.405 e. The van der Waals surface area contributed by atoms with Crippen molar-refractivity contribution in [1.82, 2.24) is 24.7 Å². The molecule has 1 aliphatic rings. The Labute approximate surface area is 206 Å². The van der Waals surface area contributed by atoms with Crippen LogP contribution in [-0.2, 0) is 9.59 Å². The molecule has 2 heterocycles. The molecule has 0 aliphatic carbocycles. The summed E-state index contributed by atoms with van der Waals surface area (Å²) in [6, 6.07) is 7.55. The van der Waals surface area contributed by atoms with Crippen molar-refractivity contribution >= 4 is 30.1 Å². The molecule has 0 saturated carbocycles. The Morgan fingerprint density at radius 1 is 1.08 bits per heavy atom. The van der Waals surface area contributed by atoms with Gasteiger partial charge in [0.15, 0.2) is 12.4 Å². The van der Waals surface area contributed by atoms with Gasteiger partial charge in [0.25, 0.3) is 0 Å². The van der Waals surface area contributed by atoms with Crippen molar-refractivity contribution in [3.05, 3.63) is 47.0 Å². The maximum Gasteiger partial charge on any atom is 0.405 e. The number of piperazine rings is 1. The third-order valence-corrected chi connectivity index (χ3v) is 5.48. The monoisotopic (exact) mass is 500 g/mol. The Morgan fingerprint density at radius 3 is 2.25 bits per heavy atom. The second kappa shape index (κ2) is 10.9. The first-order valence-electron chi connectivity index (χ1n) is 11.2. The van der Waals surface area contributed by atoms with Gasteiger partial charge in [-0.05, 0) is 51.1 Å². The Hall–Kier alpha value is -4.42. The highest BCUT2D eigenvalue weighted by Crippen LogP contribution is 2.16. The first kappa shape index (κ1) is 26.2. The summed E-state index contributed by atoms with van der Waals surface area (Å²) < 4.78 is 6.68. The quantitative estimate of drug-likeness (QED) is 0.473. The van der Waals surface area contributed by atoms with Crippen LogP contribution >= 0.6 is 0 Å². The molecule has 13 heteroatoms. The van der Waals surface area contributed by atoms with Crippen LogP contribution in [0.1, 0.15) is 20.8 Å². The number of nitrogens with one attached hydrogen (secondary N) is 2. The maximum atomic E-state index is 12.6. The van der Waals surface area contributed by atoms with E-state index in [1.165, 1.54) is 40.5 Å². The normalized spacial score (nSPS) is 14.5. The highest BCUT2D eigenvalue weighted by atomic mass is 16.5. The molecule has 4 amide bonds. The van der Waals surface area contributed by atoms with Gasteiger partial charge in [-0.25, -0.2) is 14.4 Å². The molecule has 1 unspecified atom stereocenters. The third-order valence-electron chi connectivity index (χ3n) is 5.48. The fraction of sp³-hybridized carbons (Fsp3) is 0.391. The number of rotatable bonds is 7. The van der Waals surface area contributed by atoms with Crippen LogP contribution in [0.2, 0.25) is 0 Å². The molecule has 1 aliphatic heterocycles. The van der Waals surface area contributed by atoms with Crippen molar-refractivity contribution in [3.63, 3.8) is 0 Å². The van der Waals surface area contributed by atoms with Crippen LogP contribution in [-0.4, -0.2) is 86.6 Å². The molecule has 2 aromatic rings. The summed E-state index contributed by atoms with van der Waals surface area (Å²) in [5, 5.41) is 13.7. The number of ether oxygens (including phenoxy) is 1. The topological polar surface area (TPSA) is 163 Å². The number of aromatic nitrogens is 2. The summed E-state index contributed by atoms with van der Waals surface area (Å²) in [6.45, 7) is 5.50. The van der Waals surface area contributed by atoms with E-state index in [0.29, 0.717) is 17.7 Å². The fourth-order valence-corrected chi connectivity index (χ4v) is 3.61. The SMILES string of the molecule is CC(C=O)Oc1ccc(-n2ccc(NC(=O)N3CCN(C(=O)C(C)(C)NC(=O)O)CC3)nc2=O)cc1. The largest absolute Gasteiger partial charge is 0.483 e. The molecule has 0 spiro atoms. The summed E-state index contributed by atoms with van der Waals surface area (Å²) in [7, 11) is 0. The number of aldehydes is 1. The molecule has 13 nitrogen and oxygen atoms in total. The van der Waals surface area contributed by atoms with Crippen molar-refractivity contribution in [2.75, 3.05) is 31.5 Å². The summed E-state index contributed by atoms with van der Waals surface area (Å²) in [6.07, 6.45) is 0.265. The first-order chi connectivity index (χ1) is 17.0. The van der Waals surface area contributed by atoms with E-state index in [-0.39, 0.29) is 37.9 Å². The number of amides is 4. The molecule has 0 bridgehead atoms. The molecule has 1 aromatic carbocycles. The van der Waals surface area contributed by atoms with Crippen LogP contribution in [0.4, 0.5) is 15.4 Å². The number of carbonyl (C=O) groups excluding carboxylic acids is 3. The lowest BCUT2D eigenvalue weighted by atomic mass is 10.0. The van der Waals surface area contributed by atoms with E-state index >= 15 is 0 Å². The number of hydrogen-bond acceptors (Lipinski definition) is 7. The predicted molar refractivity (Wildman–Crippen MR) is 128 cm³/mol. The van der Waals surface area contributed by atoms with Gasteiger partial charge in [-0.15, -0.1) is 0 Å². The van der Waals surface area contributed by atoms with Gasteiger partial charge in [0, 0.05) is 32.4 Å². The zero-order valence-corrected chi connectivity index (χ0v) is 20.1. The summed E-state index contributed by atoms with van der Waals surface area (Å²) >= 11 is 0. The second-order valence-electron chi connectivity index (χ2n) is 8.68. The molecule has 3 rings (SSSR count). The van der Waals surface area contributed by atoms with Gasteiger partial charge in [-0.1, -0.05) is 0 Å². The lowest BCUT2D eigenvalue weighted by Gasteiger charge is -2.38. The maximum absolute atomic E-state index is 12.6. The predicted octanol–water partition coefficient (Wildman–Crippen LogP) is 0.921. The van der Waals surface area contributed by atoms with Crippen LogP contribution < -0.4 is 21.1 Å². The minimum Gasteiger partial charge on any atom is -0.483 e. The van der Waals surface area contributed by atoms with E-state index in [4.69, 9.17) is 9.84 Å². The van der Waals surface area contributed by atoms with Crippen molar-refractivity contribution in [3.8, 4) is 11.4 Å². The molecule has 36 heavy (non-hydrogen) atoms. The van der Waals surface area contributed by atoms with Crippen LogP contribution in [0.3, 0.4) is 0 Å². The number of urea groups is 1. The Kier molecular flexibility index (Phi) is 7.92. The van der Waals surface area contributed by atoms with Gasteiger partial charge in [-0.3, -0.25) is 19.5 Å². The molecular weight excluding hydrogens is 472 g/mol. The van der Waals surface area contributed by atoms with Crippen LogP contribution in [0, 0.1) is 0 Å². The number of carboxylic acid groups (broad SMARTS) is 1. The molecular formula is C23H28N6O7. The molecule has 192 valence electrons. The second-order valence-corrected chi connectivity index (χ2v) is 8.68. The average Bonchev–Trinajstić information content (AvgIpc) is 2.83. The highest BCUT2D eigenvalue weighted by Gasteiger charge is 2.35. The van der Waals surface area contributed by atoms with Crippen molar-refractivity contribution in [2.24, 2.45) is 0 Å². The van der Waals surface area contributed by atoms with Gasteiger partial charge in [-0.2, -0.15) is 4.98 Å². The fourth-order valence-electron chi connectivity index (χ4n) is 3.61. The van der Waals surface area contributed by atoms with Crippen LogP contribution in [0.25, 0.3) is 5.69 Å². The lowest BCUT2D eigenvalue weighted by molar-refractivity contribution is -0.138. The average molecular weight is 501 g/mol. The van der Waals surface area contributed by atoms with Gasteiger partial charge < -0.3 is 25.0 Å². The summed E-state index contributed by atoms with van der Waals surface area (Å²) in [5.41, 5.74) is -1.37. The van der Waals surface area contributed by atoms with Crippen molar-refractivity contribution < 1.29 is 29.0 Å². The van der Waals surface area contributed by atoms with E-state index < -0.39 is 29.5 Å². The number of anilines is 1. The van der Waals surface area contributed by atoms with E-state index in [0.717, 1.165) is 0 Å². The van der Waals surface area contributed by atoms with Crippen molar-refractivity contribution in [2.45, 2.75) is 32.4 Å². The number of nitrogens with zero attached hydrogens (tertiary/aromatic N) is 4.